The van der Waals surface area contributed by atoms with Crippen molar-refractivity contribution >= 4 is 12.1 Å². The van der Waals surface area contributed by atoms with Gasteiger partial charge in [-0.2, -0.15) is 0 Å². The molecule has 0 N–H and O–H groups in total. The summed E-state index contributed by atoms with van der Waals surface area (Å²) in [5, 5.41) is 0. The summed E-state index contributed by atoms with van der Waals surface area (Å²) in [5.74, 6) is -0.357. The van der Waals surface area contributed by atoms with Crippen LogP contribution in [0.4, 0.5) is 4.79 Å². The molecule has 1 aliphatic heterocycles. The van der Waals surface area contributed by atoms with Crippen LogP contribution in [0.1, 0.15) is 20.8 Å². The van der Waals surface area contributed by atoms with Crippen molar-refractivity contribution in [2.24, 2.45) is 0 Å². The van der Waals surface area contributed by atoms with E-state index in [9.17, 15) is 9.59 Å². The highest BCUT2D eigenvalue weighted by Crippen LogP contribution is 2.15. The number of cyclic esters (lactones) is 2. The van der Waals surface area contributed by atoms with Crippen molar-refractivity contribution in [1.29, 1.82) is 0 Å². The van der Waals surface area contributed by atoms with E-state index in [1.54, 1.807) is 39.0 Å². The Balaban J connectivity index is 2.51. The Morgan fingerprint density at radius 1 is 1.47 bits per heavy atom. The molecule has 0 spiro atoms. The van der Waals surface area contributed by atoms with Gasteiger partial charge in [-0.15, -0.1) is 0 Å². The van der Waals surface area contributed by atoms with Gasteiger partial charge >= 0.3 is 12.1 Å². The number of esters is 1. The molecule has 0 aliphatic carbocycles. The van der Waals surface area contributed by atoms with Crippen molar-refractivity contribution in [1.82, 2.24) is 0 Å². The highest BCUT2D eigenvalue weighted by Gasteiger charge is 2.30. The van der Waals surface area contributed by atoms with Gasteiger partial charge in [-0.3, -0.25) is 0 Å². The zero-order valence-electron chi connectivity index (χ0n) is 10.1. The van der Waals surface area contributed by atoms with E-state index in [4.69, 9.17) is 14.2 Å². The van der Waals surface area contributed by atoms with Crippen molar-refractivity contribution < 1.29 is 23.8 Å². The molecule has 0 bridgehead atoms. The molecule has 0 aromatic rings. The topological polar surface area (TPSA) is 61.8 Å². The van der Waals surface area contributed by atoms with Gasteiger partial charge in [0.05, 0.1) is 6.61 Å². The number of hydrogen-bond donors (Lipinski definition) is 0. The maximum Gasteiger partial charge on any atom is 0.509 e. The van der Waals surface area contributed by atoms with Gasteiger partial charge < -0.3 is 14.2 Å². The van der Waals surface area contributed by atoms with Crippen LogP contribution in [0.5, 0.6) is 0 Å². The van der Waals surface area contributed by atoms with Crippen LogP contribution in [-0.4, -0.2) is 30.9 Å². The Kier molecular flexibility index (Phi) is 4.75. The summed E-state index contributed by atoms with van der Waals surface area (Å²) in [5.41, 5.74) is 0.487. The fraction of sp³-hybridized carbons (Fsp3) is 0.500. The second kappa shape index (κ2) is 6.08. The van der Waals surface area contributed by atoms with E-state index in [1.165, 1.54) is 0 Å². The second-order valence-corrected chi connectivity index (χ2v) is 3.61. The minimum absolute atomic E-state index is 0.310. The van der Waals surface area contributed by atoms with Crippen LogP contribution in [0.2, 0.25) is 0 Å². The molecular formula is C12H16O5. The molecule has 2 atom stereocenters. The molecule has 0 radical (unpaired) electrons. The first-order valence-corrected chi connectivity index (χ1v) is 5.44. The minimum atomic E-state index is -0.668. The van der Waals surface area contributed by atoms with Crippen LogP contribution in [0, 0.1) is 0 Å². The highest BCUT2D eigenvalue weighted by molar-refractivity contribution is 5.88. The Morgan fingerprint density at radius 2 is 2.18 bits per heavy atom. The molecule has 0 aromatic carbocycles. The second-order valence-electron chi connectivity index (χ2n) is 3.61. The average molecular weight is 240 g/mol. The van der Waals surface area contributed by atoms with Crippen LogP contribution in [0.3, 0.4) is 0 Å². The molecule has 17 heavy (non-hydrogen) atoms. The van der Waals surface area contributed by atoms with Gasteiger partial charge in [0.15, 0.2) is 6.10 Å². The molecule has 0 amide bonds. The lowest BCUT2D eigenvalue weighted by molar-refractivity contribution is -0.138. The quantitative estimate of drug-likeness (QED) is 0.427. The fourth-order valence-electron chi connectivity index (χ4n) is 1.27. The predicted octanol–water partition coefficient (Wildman–Crippen LogP) is 1.98. The van der Waals surface area contributed by atoms with E-state index in [0.717, 1.165) is 0 Å². The lowest BCUT2D eigenvalue weighted by Crippen LogP contribution is -2.15. The van der Waals surface area contributed by atoms with Crippen LogP contribution in [-0.2, 0) is 19.0 Å². The SMILES string of the molecule is CCOC(=O)/C(C)=C/C=C/[C@@H]1OC(=O)O[C@H]1C. The molecule has 1 fully saturated rings. The molecule has 0 unspecified atom stereocenters. The van der Waals surface area contributed by atoms with E-state index in [-0.39, 0.29) is 12.1 Å². The van der Waals surface area contributed by atoms with E-state index in [0.29, 0.717) is 12.2 Å². The van der Waals surface area contributed by atoms with Crippen LogP contribution < -0.4 is 0 Å². The molecule has 0 aromatic heterocycles. The first-order valence-electron chi connectivity index (χ1n) is 5.44. The molecular weight excluding hydrogens is 224 g/mol. The monoisotopic (exact) mass is 240 g/mol. The van der Waals surface area contributed by atoms with Crippen LogP contribution in [0.25, 0.3) is 0 Å². The van der Waals surface area contributed by atoms with Crippen molar-refractivity contribution in [3.8, 4) is 0 Å². The summed E-state index contributed by atoms with van der Waals surface area (Å²) in [6.07, 6.45) is 3.53. The van der Waals surface area contributed by atoms with Gasteiger partial charge in [-0.25, -0.2) is 9.59 Å². The number of carbonyl (C=O) groups excluding carboxylic acids is 2. The molecule has 5 nitrogen and oxygen atoms in total. The predicted molar refractivity (Wildman–Crippen MR) is 60.3 cm³/mol. The zero-order chi connectivity index (χ0) is 12.8. The van der Waals surface area contributed by atoms with Gasteiger partial charge in [-0.05, 0) is 26.8 Å². The van der Waals surface area contributed by atoms with Gasteiger partial charge in [-0.1, -0.05) is 12.2 Å². The molecule has 1 saturated heterocycles. The van der Waals surface area contributed by atoms with Crippen LogP contribution >= 0.6 is 0 Å². The maximum atomic E-state index is 11.3. The normalized spacial score (nSPS) is 24.6. The summed E-state index contributed by atoms with van der Waals surface area (Å²) < 4.78 is 14.5. The summed E-state index contributed by atoms with van der Waals surface area (Å²) in [6, 6.07) is 0. The van der Waals surface area contributed by atoms with Crippen molar-refractivity contribution in [3.05, 3.63) is 23.8 Å². The first-order chi connectivity index (χ1) is 8.04. The lowest BCUT2D eigenvalue weighted by atomic mass is 10.2. The van der Waals surface area contributed by atoms with Crippen molar-refractivity contribution in [2.75, 3.05) is 6.61 Å². The molecule has 1 heterocycles. The van der Waals surface area contributed by atoms with Gasteiger partial charge in [0, 0.05) is 5.57 Å². The number of allylic oxidation sites excluding steroid dienone is 2. The van der Waals surface area contributed by atoms with E-state index in [1.807, 2.05) is 0 Å². The summed E-state index contributed by atoms with van der Waals surface area (Å²) in [4.78, 5) is 22.0. The molecule has 94 valence electrons. The maximum absolute atomic E-state index is 11.3. The third-order valence-corrected chi connectivity index (χ3v) is 2.22. The zero-order valence-corrected chi connectivity index (χ0v) is 10.1. The number of hydrogen-bond acceptors (Lipinski definition) is 5. The minimum Gasteiger partial charge on any atom is -0.463 e. The van der Waals surface area contributed by atoms with Gasteiger partial charge in [0.1, 0.15) is 6.10 Å². The first kappa shape index (κ1) is 13.3. The molecule has 5 heteroatoms. The molecule has 1 aliphatic rings. The number of ether oxygens (including phenoxy) is 3. The largest absolute Gasteiger partial charge is 0.509 e. The highest BCUT2D eigenvalue weighted by atomic mass is 16.8. The summed E-state index contributed by atoms with van der Waals surface area (Å²) in [7, 11) is 0. The lowest BCUT2D eigenvalue weighted by Gasteiger charge is -2.04. The van der Waals surface area contributed by atoms with E-state index in [2.05, 4.69) is 0 Å². The Labute approximate surface area is 100 Å². The average Bonchev–Trinajstić information content (AvgIpc) is 2.57. The number of rotatable bonds is 4. The molecule has 1 rings (SSSR count). The Morgan fingerprint density at radius 3 is 2.71 bits per heavy atom. The van der Waals surface area contributed by atoms with Gasteiger partial charge in [0.25, 0.3) is 0 Å². The molecule has 0 saturated carbocycles. The third-order valence-electron chi connectivity index (χ3n) is 2.22. The van der Waals surface area contributed by atoms with Crippen molar-refractivity contribution in [3.63, 3.8) is 0 Å². The smallest absolute Gasteiger partial charge is 0.463 e. The van der Waals surface area contributed by atoms with Gasteiger partial charge in [0.2, 0.25) is 0 Å². The fourth-order valence-corrected chi connectivity index (χ4v) is 1.27. The van der Waals surface area contributed by atoms with Crippen molar-refractivity contribution in [2.45, 2.75) is 33.0 Å². The van der Waals surface area contributed by atoms with Crippen LogP contribution in [0.15, 0.2) is 23.8 Å². The third kappa shape index (κ3) is 3.94. The standard InChI is InChI=1S/C12H16O5/c1-4-15-11(13)8(2)6-5-7-10-9(3)16-12(14)17-10/h5-7,9-10H,4H2,1-3H3/b7-5+,8-6+/t9-,10-/m0/s1. The summed E-state index contributed by atoms with van der Waals surface area (Å²) in [6.45, 7) is 5.49. The van der Waals surface area contributed by atoms with E-state index < -0.39 is 12.3 Å². The Hall–Kier alpha value is -1.78. The number of carbonyl (C=O) groups is 2. The Bertz CT molecular complexity index is 356. The van der Waals surface area contributed by atoms with E-state index >= 15 is 0 Å². The summed E-state index contributed by atoms with van der Waals surface area (Å²) >= 11 is 0.